The van der Waals surface area contributed by atoms with E-state index in [4.69, 9.17) is 10.5 Å². The molecule has 0 radical (unpaired) electrons. The summed E-state index contributed by atoms with van der Waals surface area (Å²) in [4.78, 5) is 22.4. The number of amides is 1. The first-order valence-corrected chi connectivity index (χ1v) is 16.4. The fraction of sp³-hybridized carbons (Fsp3) is 0.452. The van der Waals surface area contributed by atoms with Crippen molar-refractivity contribution in [3.05, 3.63) is 95.1 Å². The molecule has 0 saturated carbocycles. The molecule has 3 aromatic rings. The van der Waals surface area contributed by atoms with Gasteiger partial charge in [0.15, 0.2) is 9.84 Å². The average molecular weight is 634 g/mol. The van der Waals surface area contributed by atoms with Gasteiger partial charge >= 0.3 is 0 Å². The number of rotatable bonds is 18. The van der Waals surface area contributed by atoms with Crippen molar-refractivity contribution in [2.45, 2.75) is 64.4 Å². The zero-order valence-electron chi connectivity index (χ0n) is 25.0. The molecule has 0 unspecified atom stereocenters. The van der Waals surface area contributed by atoms with E-state index in [-0.39, 0.29) is 31.1 Å². The summed E-state index contributed by atoms with van der Waals surface area (Å²) >= 11 is 0. The van der Waals surface area contributed by atoms with Gasteiger partial charge in [-0.25, -0.2) is 22.2 Å². The SMILES string of the molecule is CCCCS(=O)(=O)C[C@@H](NC(=O)c1cnccn1)OCN(Cc1cccc(CC)c1)C[C@@H](O)[C@@H](N)Cc1cc(F)cc(F)c1. The number of sulfone groups is 1. The molecule has 4 N–H and O–H groups in total. The highest BCUT2D eigenvalue weighted by atomic mass is 32.2. The highest BCUT2D eigenvalue weighted by Crippen LogP contribution is 2.14. The first kappa shape index (κ1) is 35.1. The number of nitrogens with zero attached hydrogens (tertiary/aromatic N) is 3. The van der Waals surface area contributed by atoms with Crippen LogP contribution in [0.4, 0.5) is 8.78 Å². The van der Waals surface area contributed by atoms with Gasteiger partial charge in [0.2, 0.25) is 0 Å². The third-order valence-corrected chi connectivity index (χ3v) is 8.62. The number of unbranched alkanes of at least 4 members (excludes halogenated alkanes) is 1. The molecule has 0 aliphatic rings. The van der Waals surface area contributed by atoms with Gasteiger partial charge in [0.05, 0.1) is 23.8 Å². The summed E-state index contributed by atoms with van der Waals surface area (Å²) in [5, 5.41) is 13.6. The number of nitrogens with one attached hydrogen (secondary N) is 1. The third-order valence-electron chi connectivity index (χ3n) is 6.90. The lowest BCUT2D eigenvalue weighted by Crippen LogP contribution is -2.48. The van der Waals surface area contributed by atoms with Crippen LogP contribution in [0, 0.1) is 11.6 Å². The number of aromatic nitrogens is 2. The van der Waals surface area contributed by atoms with Crippen molar-refractivity contribution in [1.82, 2.24) is 20.2 Å². The zero-order valence-corrected chi connectivity index (χ0v) is 25.8. The summed E-state index contributed by atoms with van der Waals surface area (Å²) < 4.78 is 59.1. The topological polar surface area (TPSA) is 148 Å². The Hall–Kier alpha value is -3.36. The molecule has 0 aliphatic carbocycles. The van der Waals surface area contributed by atoms with Crippen molar-refractivity contribution in [1.29, 1.82) is 0 Å². The summed E-state index contributed by atoms with van der Waals surface area (Å²) in [6.45, 7) is 4.03. The number of aliphatic hydroxyl groups excluding tert-OH is 1. The number of benzene rings is 2. The second-order valence-electron chi connectivity index (χ2n) is 10.7. The number of nitrogens with two attached hydrogens (primary N) is 1. The largest absolute Gasteiger partial charge is 0.390 e. The molecule has 0 aliphatic heterocycles. The van der Waals surface area contributed by atoms with E-state index in [0.29, 0.717) is 24.9 Å². The Kier molecular flexibility index (Phi) is 13.7. The molecule has 3 rings (SSSR count). The molecule has 0 saturated heterocycles. The lowest BCUT2D eigenvalue weighted by molar-refractivity contribution is -0.0439. The minimum atomic E-state index is -3.59. The molecule has 1 aromatic heterocycles. The molecule has 0 bridgehead atoms. The summed E-state index contributed by atoms with van der Waals surface area (Å²) in [5.74, 6) is -2.66. The number of carbonyl (C=O) groups is 1. The van der Waals surface area contributed by atoms with E-state index in [9.17, 15) is 27.1 Å². The van der Waals surface area contributed by atoms with Crippen molar-refractivity contribution in [2.24, 2.45) is 5.73 Å². The second-order valence-corrected chi connectivity index (χ2v) is 12.9. The third kappa shape index (κ3) is 12.0. The van der Waals surface area contributed by atoms with Crippen LogP contribution in [-0.2, 0) is 34.0 Å². The Morgan fingerprint density at radius 1 is 1.09 bits per heavy atom. The Balaban J connectivity index is 1.79. The summed E-state index contributed by atoms with van der Waals surface area (Å²) in [6.07, 6.45) is 3.62. The number of carbonyl (C=O) groups excluding carboxylic acids is 1. The van der Waals surface area contributed by atoms with Gasteiger partial charge in [-0.15, -0.1) is 0 Å². The normalized spacial score (nSPS) is 13.9. The standard InChI is InChI=1S/C31H41F2N5O5S/c1-3-5-11-44(41,42)20-30(37-31(40)28-17-35-9-10-36-28)43-21-38(18-23-8-6-7-22(4-2)12-23)19-29(39)27(34)15-24-13-25(32)16-26(33)14-24/h6-10,12-14,16-17,27,29-30,39H,3-5,11,15,18-21,34H2,1-2H3,(H,37,40)/t27-,29+,30-/m0/s1. The zero-order chi connectivity index (χ0) is 32.1. The lowest BCUT2D eigenvalue weighted by Gasteiger charge is -2.30. The van der Waals surface area contributed by atoms with Gasteiger partial charge in [-0.3, -0.25) is 14.7 Å². The van der Waals surface area contributed by atoms with Crippen LogP contribution in [0.5, 0.6) is 0 Å². The molecule has 13 heteroatoms. The van der Waals surface area contributed by atoms with E-state index in [1.54, 1.807) is 4.90 Å². The number of aryl methyl sites for hydroxylation is 1. The Labute approximate surface area is 257 Å². The van der Waals surface area contributed by atoms with Crippen LogP contribution in [0.1, 0.15) is 53.9 Å². The van der Waals surface area contributed by atoms with Gasteiger partial charge in [-0.05, 0) is 48.1 Å². The highest BCUT2D eigenvalue weighted by molar-refractivity contribution is 7.91. The molecule has 10 nitrogen and oxygen atoms in total. The van der Waals surface area contributed by atoms with Crippen molar-refractivity contribution >= 4 is 15.7 Å². The van der Waals surface area contributed by atoms with Crippen LogP contribution >= 0.6 is 0 Å². The fourth-order valence-electron chi connectivity index (χ4n) is 4.55. The van der Waals surface area contributed by atoms with Gasteiger partial charge in [0, 0.05) is 37.6 Å². The quantitative estimate of drug-likeness (QED) is 0.180. The predicted molar refractivity (Wildman–Crippen MR) is 163 cm³/mol. The molecule has 1 heterocycles. The minimum Gasteiger partial charge on any atom is -0.390 e. The van der Waals surface area contributed by atoms with Crippen LogP contribution in [0.15, 0.2) is 61.1 Å². The summed E-state index contributed by atoms with van der Waals surface area (Å²) in [5.41, 5.74) is 8.55. The first-order valence-electron chi connectivity index (χ1n) is 14.6. The maximum absolute atomic E-state index is 13.7. The van der Waals surface area contributed by atoms with Crippen molar-refractivity contribution in [2.75, 3.05) is 24.8 Å². The number of hydrogen-bond acceptors (Lipinski definition) is 9. The molecule has 1 amide bonds. The number of ether oxygens (including phenoxy) is 1. The molecule has 2 aromatic carbocycles. The molecule has 240 valence electrons. The van der Waals surface area contributed by atoms with Gasteiger partial charge in [0.25, 0.3) is 5.91 Å². The minimum absolute atomic E-state index is 0.00419. The van der Waals surface area contributed by atoms with Crippen LogP contribution in [0.2, 0.25) is 0 Å². The van der Waals surface area contributed by atoms with Gasteiger partial charge in [-0.1, -0.05) is 44.5 Å². The molecular weight excluding hydrogens is 592 g/mol. The first-order chi connectivity index (χ1) is 21.0. The molecule has 0 spiro atoms. The van der Waals surface area contributed by atoms with E-state index in [0.717, 1.165) is 35.7 Å². The summed E-state index contributed by atoms with van der Waals surface area (Å²) in [6, 6.07) is 10.0. The van der Waals surface area contributed by atoms with Crippen LogP contribution in [-0.4, -0.2) is 77.5 Å². The van der Waals surface area contributed by atoms with Gasteiger partial charge < -0.3 is 20.9 Å². The monoisotopic (exact) mass is 633 g/mol. The van der Waals surface area contributed by atoms with E-state index in [1.165, 1.54) is 18.6 Å². The Morgan fingerprint density at radius 2 is 1.82 bits per heavy atom. The molecule has 0 fully saturated rings. The molecule has 44 heavy (non-hydrogen) atoms. The van der Waals surface area contributed by atoms with Crippen LogP contribution in [0.3, 0.4) is 0 Å². The number of halogens is 2. The van der Waals surface area contributed by atoms with Gasteiger partial charge in [0.1, 0.15) is 30.3 Å². The second kappa shape index (κ2) is 17.2. The van der Waals surface area contributed by atoms with E-state index in [2.05, 4.69) is 15.3 Å². The molecule has 3 atom stereocenters. The lowest BCUT2D eigenvalue weighted by atomic mass is 10.0. The van der Waals surface area contributed by atoms with E-state index < -0.39 is 51.5 Å². The maximum atomic E-state index is 13.7. The van der Waals surface area contributed by atoms with E-state index in [1.807, 2.05) is 38.1 Å². The van der Waals surface area contributed by atoms with Gasteiger partial charge in [-0.2, -0.15) is 0 Å². The summed E-state index contributed by atoms with van der Waals surface area (Å²) in [7, 11) is -3.59. The van der Waals surface area contributed by atoms with E-state index >= 15 is 0 Å². The smallest absolute Gasteiger partial charge is 0.273 e. The average Bonchev–Trinajstić information content (AvgIpc) is 2.98. The Bertz CT molecular complexity index is 1430. The van der Waals surface area contributed by atoms with Crippen LogP contribution in [0.25, 0.3) is 0 Å². The highest BCUT2D eigenvalue weighted by Gasteiger charge is 2.25. The fourth-order valence-corrected chi connectivity index (χ4v) is 6.08. The van der Waals surface area contributed by atoms with Crippen molar-refractivity contribution in [3.8, 4) is 0 Å². The van der Waals surface area contributed by atoms with Crippen molar-refractivity contribution in [3.63, 3.8) is 0 Å². The predicted octanol–water partition coefficient (Wildman–Crippen LogP) is 3.00. The Morgan fingerprint density at radius 3 is 2.48 bits per heavy atom. The number of hydrogen-bond donors (Lipinski definition) is 3. The molecular formula is C31H41F2N5O5S. The number of aliphatic hydroxyl groups is 1. The van der Waals surface area contributed by atoms with Crippen LogP contribution < -0.4 is 11.1 Å². The van der Waals surface area contributed by atoms with Crippen molar-refractivity contribution < 1.29 is 31.8 Å². The maximum Gasteiger partial charge on any atom is 0.273 e.